The van der Waals surface area contributed by atoms with Crippen LogP contribution in [0.1, 0.15) is 20.3 Å². The first-order valence-electron chi connectivity index (χ1n) is 2.10. The van der Waals surface area contributed by atoms with Crippen LogP contribution in [0, 0.1) is 13.0 Å². The minimum atomic E-state index is 0.885. The van der Waals surface area contributed by atoms with Gasteiger partial charge in [-0.1, -0.05) is 5.57 Å². The Morgan fingerprint density at radius 1 is 1.83 bits per heavy atom. The first-order valence-corrected chi connectivity index (χ1v) is 2.10. The quantitative estimate of drug-likeness (QED) is 0.453. The van der Waals surface area contributed by atoms with Crippen LogP contribution in [0.25, 0.3) is 0 Å². The molecule has 0 aromatic carbocycles. The lowest BCUT2D eigenvalue weighted by Crippen LogP contribution is -1.65. The van der Waals surface area contributed by atoms with Gasteiger partial charge in [-0.25, -0.2) is 0 Å². The number of hydrogen-bond acceptors (Lipinski definition) is 0. The Hall–Kier alpha value is -0.260. The maximum atomic E-state index is 3.66. The van der Waals surface area contributed by atoms with Gasteiger partial charge in [0.15, 0.2) is 0 Å². The van der Waals surface area contributed by atoms with Gasteiger partial charge in [-0.3, -0.25) is 0 Å². The summed E-state index contributed by atoms with van der Waals surface area (Å²) < 4.78 is 0. The summed E-state index contributed by atoms with van der Waals surface area (Å²) in [6, 6.07) is 0. The molecule has 0 saturated carbocycles. The Morgan fingerprint density at radius 2 is 2.33 bits per heavy atom. The summed E-state index contributed by atoms with van der Waals surface area (Å²) in [4.78, 5) is 0. The van der Waals surface area contributed by atoms with Crippen LogP contribution in [0.15, 0.2) is 5.57 Å². The van der Waals surface area contributed by atoms with E-state index in [1.807, 2.05) is 13.8 Å². The van der Waals surface area contributed by atoms with Crippen molar-refractivity contribution in [3.63, 3.8) is 0 Å². The van der Waals surface area contributed by atoms with E-state index in [1.165, 1.54) is 5.57 Å². The fourth-order valence-corrected chi connectivity index (χ4v) is 0.125. The smallest absolute Gasteiger partial charge is 0.0317 e. The average Bonchev–Trinajstić information content (AvgIpc) is 1.65. The number of hydrogen-bond donors (Lipinski definition) is 0. The third kappa shape index (κ3) is 2.01. The van der Waals surface area contributed by atoms with Crippen molar-refractivity contribution in [1.82, 2.24) is 0 Å². The van der Waals surface area contributed by atoms with Gasteiger partial charge < -0.3 is 0 Å². The Bertz CT molecular complexity index is 51.1. The first-order chi connectivity index (χ1) is 2.81. The van der Waals surface area contributed by atoms with Crippen LogP contribution in [-0.2, 0) is 0 Å². The van der Waals surface area contributed by atoms with Gasteiger partial charge in [-0.15, -0.1) is 0 Å². The summed E-state index contributed by atoms with van der Waals surface area (Å²) in [5, 5.41) is 0. The van der Waals surface area contributed by atoms with Crippen LogP contribution in [0.2, 0.25) is 0 Å². The first kappa shape index (κ1) is 5.74. The highest BCUT2D eigenvalue weighted by Crippen LogP contribution is 1.92. The molecule has 6 heavy (non-hydrogen) atoms. The average molecular weight is 82.1 g/mol. The van der Waals surface area contributed by atoms with E-state index in [-0.39, 0.29) is 0 Å². The molecule has 34 valence electrons. The number of rotatable bonds is 1. The highest BCUT2D eigenvalue weighted by atomic mass is 13.8. The van der Waals surface area contributed by atoms with Crippen LogP contribution in [-0.4, -0.2) is 0 Å². The molecule has 0 aromatic heterocycles. The van der Waals surface area contributed by atoms with Gasteiger partial charge >= 0.3 is 0 Å². The lowest BCUT2D eigenvalue weighted by atomic mass is 10.2. The van der Waals surface area contributed by atoms with Crippen LogP contribution in [0.5, 0.6) is 0 Å². The molecule has 0 saturated heterocycles. The fourth-order valence-electron chi connectivity index (χ4n) is 0.125. The van der Waals surface area contributed by atoms with Gasteiger partial charge in [-0.2, -0.15) is 0 Å². The minimum absolute atomic E-state index is 0.885. The molecule has 0 aliphatic rings. The third-order valence-corrected chi connectivity index (χ3v) is 0.802. The van der Waals surface area contributed by atoms with Gasteiger partial charge in [0.1, 0.15) is 0 Å². The molecule has 0 fully saturated rings. The van der Waals surface area contributed by atoms with E-state index >= 15 is 0 Å². The molecule has 0 bridgehead atoms. The zero-order valence-electron chi connectivity index (χ0n) is 4.41. The Labute approximate surface area is 39.9 Å². The fraction of sp³-hybridized carbons (Fsp3) is 0.500. The molecule has 0 spiro atoms. The van der Waals surface area contributed by atoms with Crippen molar-refractivity contribution < 1.29 is 0 Å². The van der Waals surface area contributed by atoms with Gasteiger partial charge in [-0.05, 0) is 33.3 Å². The lowest BCUT2D eigenvalue weighted by Gasteiger charge is -1.84. The predicted octanol–water partition coefficient (Wildman–Crippen LogP) is 1.98. The molecule has 0 N–H and O–H groups in total. The summed E-state index contributed by atoms with van der Waals surface area (Å²) in [5.74, 6) is 0. The maximum absolute atomic E-state index is 3.66. The molecule has 0 rings (SSSR count). The molecule has 0 amide bonds. The van der Waals surface area contributed by atoms with Gasteiger partial charge in [0.05, 0.1) is 0 Å². The SMILES string of the molecule is [CH2]C/C(C)=[C]/C. The normalized spacial score (nSPS) is 12.2. The van der Waals surface area contributed by atoms with E-state index in [9.17, 15) is 0 Å². The Balaban J connectivity index is 3.22. The zero-order chi connectivity index (χ0) is 4.99. The molecule has 0 aromatic rings. The van der Waals surface area contributed by atoms with Crippen molar-refractivity contribution in [2.24, 2.45) is 0 Å². The van der Waals surface area contributed by atoms with Crippen molar-refractivity contribution in [1.29, 1.82) is 0 Å². The van der Waals surface area contributed by atoms with Gasteiger partial charge in [0.2, 0.25) is 0 Å². The lowest BCUT2D eigenvalue weighted by molar-refractivity contribution is 1.18. The second-order valence-electron chi connectivity index (χ2n) is 1.28. The molecular weight excluding hydrogens is 72.1 g/mol. The summed E-state index contributed by atoms with van der Waals surface area (Å²) in [5.41, 5.74) is 1.23. The van der Waals surface area contributed by atoms with Crippen molar-refractivity contribution in [3.8, 4) is 0 Å². The summed E-state index contributed by atoms with van der Waals surface area (Å²) in [6.45, 7) is 7.58. The largest absolute Gasteiger partial charge is 0.0701 e. The van der Waals surface area contributed by atoms with Crippen molar-refractivity contribution in [2.75, 3.05) is 0 Å². The molecule has 0 heteroatoms. The van der Waals surface area contributed by atoms with E-state index in [1.54, 1.807) is 0 Å². The molecule has 0 aliphatic heterocycles. The second-order valence-corrected chi connectivity index (χ2v) is 1.28. The van der Waals surface area contributed by atoms with Gasteiger partial charge in [0.25, 0.3) is 0 Å². The minimum Gasteiger partial charge on any atom is -0.0701 e. The molecule has 0 atom stereocenters. The molecular formula is C6H10. The maximum Gasteiger partial charge on any atom is -0.0317 e. The van der Waals surface area contributed by atoms with Crippen molar-refractivity contribution in [3.05, 3.63) is 18.6 Å². The monoisotopic (exact) mass is 82.1 g/mol. The van der Waals surface area contributed by atoms with E-state index in [4.69, 9.17) is 0 Å². The highest BCUT2D eigenvalue weighted by molar-refractivity contribution is 4.90. The standard InChI is InChI=1S/C6H10/c1-4-6(3)5-2/h1,4H2,2-3H3. The topological polar surface area (TPSA) is 0 Å². The number of allylic oxidation sites excluding steroid dienone is 2. The van der Waals surface area contributed by atoms with E-state index in [0.29, 0.717) is 0 Å². The third-order valence-electron chi connectivity index (χ3n) is 0.802. The van der Waals surface area contributed by atoms with Gasteiger partial charge in [0, 0.05) is 0 Å². The van der Waals surface area contributed by atoms with Crippen LogP contribution < -0.4 is 0 Å². The van der Waals surface area contributed by atoms with E-state index in [2.05, 4.69) is 13.0 Å². The summed E-state index contributed by atoms with van der Waals surface area (Å²) >= 11 is 0. The Kier molecular flexibility index (Phi) is 2.82. The molecule has 2 radical (unpaired) electrons. The molecule has 0 nitrogen and oxygen atoms in total. The second kappa shape index (κ2) is 2.95. The van der Waals surface area contributed by atoms with E-state index < -0.39 is 0 Å². The molecule has 0 unspecified atom stereocenters. The summed E-state index contributed by atoms with van der Waals surface area (Å²) in [6.07, 6.45) is 3.85. The van der Waals surface area contributed by atoms with Crippen molar-refractivity contribution in [2.45, 2.75) is 20.3 Å². The van der Waals surface area contributed by atoms with Crippen LogP contribution >= 0.6 is 0 Å². The molecule has 0 heterocycles. The van der Waals surface area contributed by atoms with Crippen molar-refractivity contribution >= 4 is 0 Å². The predicted molar refractivity (Wildman–Crippen MR) is 28.1 cm³/mol. The zero-order valence-corrected chi connectivity index (χ0v) is 4.41. The Morgan fingerprint density at radius 3 is 2.33 bits per heavy atom. The van der Waals surface area contributed by atoms with E-state index in [0.717, 1.165) is 6.42 Å². The summed E-state index contributed by atoms with van der Waals surface area (Å²) in [7, 11) is 0. The van der Waals surface area contributed by atoms with Crippen LogP contribution in [0.4, 0.5) is 0 Å². The molecule has 0 aliphatic carbocycles. The highest BCUT2D eigenvalue weighted by Gasteiger charge is 1.74. The van der Waals surface area contributed by atoms with Crippen LogP contribution in [0.3, 0.4) is 0 Å².